The van der Waals surface area contributed by atoms with Crippen LogP contribution in [0.4, 0.5) is 10.1 Å². The number of hydrogen-bond acceptors (Lipinski definition) is 3. The molecule has 1 aliphatic carbocycles. The van der Waals surface area contributed by atoms with E-state index in [4.69, 9.17) is 5.10 Å². The van der Waals surface area contributed by atoms with Gasteiger partial charge < -0.3 is 5.32 Å². The number of fused-ring (bicyclic) bond motifs is 1. The molecule has 1 unspecified atom stereocenters. The summed E-state index contributed by atoms with van der Waals surface area (Å²) >= 11 is 0. The van der Waals surface area contributed by atoms with E-state index in [-0.39, 0.29) is 24.2 Å². The Balaban J connectivity index is 1.55. The molecule has 0 radical (unpaired) electrons. The predicted octanol–water partition coefficient (Wildman–Crippen LogP) is 5.68. The average molecular weight is 489 g/mol. The van der Waals surface area contributed by atoms with Gasteiger partial charge in [0.25, 0.3) is 5.91 Å². The molecule has 2 heterocycles. The largest absolute Gasteiger partial charge is 0.351 e. The highest BCUT2D eigenvalue weighted by Crippen LogP contribution is 2.36. The van der Waals surface area contributed by atoms with Gasteiger partial charge in [-0.25, -0.2) is 4.39 Å². The normalized spacial score (nSPS) is 20.5. The molecule has 188 valence electrons. The number of amides is 2. The second-order valence-electron chi connectivity index (χ2n) is 10.5. The smallest absolute Gasteiger partial charge is 0.277 e. The van der Waals surface area contributed by atoms with Gasteiger partial charge in [0, 0.05) is 11.6 Å². The Bertz CT molecular complexity index is 1280. The molecule has 7 heteroatoms. The first kappa shape index (κ1) is 24.2. The molecule has 2 amide bonds. The summed E-state index contributed by atoms with van der Waals surface area (Å²) in [4.78, 5) is 29.0. The van der Waals surface area contributed by atoms with Gasteiger partial charge in [0.1, 0.15) is 17.1 Å². The van der Waals surface area contributed by atoms with Crippen LogP contribution in [0.25, 0.3) is 11.3 Å². The number of benzene rings is 2. The van der Waals surface area contributed by atoms with Crippen LogP contribution in [0.3, 0.4) is 0 Å². The molecule has 1 atom stereocenters. The number of carbonyl (C=O) groups excluding carboxylic acids is 2. The van der Waals surface area contributed by atoms with Crippen LogP contribution in [0.5, 0.6) is 0 Å². The summed E-state index contributed by atoms with van der Waals surface area (Å²) in [6.07, 6.45) is 5.14. The number of aromatic nitrogens is 2. The summed E-state index contributed by atoms with van der Waals surface area (Å²) in [7, 11) is 0. The van der Waals surface area contributed by atoms with Crippen LogP contribution in [0.2, 0.25) is 0 Å². The van der Waals surface area contributed by atoms with Gasteiger partial charge in [0.15, 0.2) is 0 Å². The van der Waals surface area contributed by atoms with Crippen molar-refractivity contribution in [2.45, 2.75) is 76.9 Å². The van der Waals surface area contributed by atoms with E-state index >= 15 is 4.39 Å². The highest BCUT2D eigenvalue weighted by Gasteiger charge is 2.50. The van der Waals surface area contributed by atoms with Gasteiger partial charge in [0.05, 0.1) is 17.9 Å². The maximum Gasteiger partial charge on any atom is 0.277 e. The molecule has 5 rings (SSSR count). The maximum atomic E-state index is 15.0. The molecule has 2 aliphatic rings. The number of para-hydroxylation sites is 1. The molecular formula is C29H33FN4O2. The van der Waals surface area contributed by atoms with Crippen LogP contribution in [0, 0.1) is 5.82 Å². The van der Waals surface area contributed by atoms with Gasteiger partial charge in [0.2, 0.25) is 5.91 Å². The number of anilines is 1. The monoisotopic (exact) mass is 488 g/mol. The second-order valence-corrected chi connectivity index (χ2v) is 10.5. The molecule has 3 aromatic rings. The van der Waals surface area contributed by atoms with Crippen molar-refractivity contribution < 1.29 is 14.0 Å². The topological polar surface area (TPSA) is 67.2 Å². The standard InChI is InChI=1S/C29H33FN4O2/c1-19(2)20-13-15-21(16-14-20)24-17-26-27(35)34(25-12-8-7-11-23(25)30)29(3,18-33(26)32-24)28(36)31-22-9-5-4-6-10-22/h7-8,11-17,19,22H,4-6,9-10,18H2,1-3H3,(H,31,36). The molecule has 1 N–H and O–H groups in total. The molecule has 2 aromatic carbocycles. The van der Waals surface area contributed by atoms with Crippen LogP contribution in [0.15, 0.2) is 54.6 Å². The van der Waals surface area contributed by atoms with Crippen LogP contribution in [-0.2, 0) is 11.3 Å². The maximum absolute atomic E-state index is 15.0. The van der Waals surface area contributed by atoms with Crippen LogP contribution in [-0.4, -0.2) is 33.2 Å². The molecule has 1 aromatic heterocycles. The summed E-state index contributed by atoms with van der Waals surface area (Å²) in [6, 6.07) is 16.0. The fraction of sp³-hybridized carbons (Fsp3) is 0.414. The minimum absolute atomic E-state index is 0.0645. The van der Waals surface area contributed by atoms with E-state index in [1.807, 2.05) is 12.1 Å². The second kappa shape index (κ2) is 9.52. The van der Waals surface area contributed by atoms with Crippen LogP contribution >= 0.6 is 0 Å². The Morgan fingerprint density at radius 2 is 1.78 bits per heavy atom. The Morgan fingerprint density at radius 3 is 2.44 bits per heavy atom. The molecule has 6 nitrogen and oxygen atoms in total. The third-order valence-corrected chi connectivity index (χ3v) is 7.55. The van der Waals surface area contributed by atoms with Crippen molar-refractivity contribution in [2.75, 3.05) is 4.90 Å². The van der Waals surface area contributed by atoms with Crippen molar-refractivity contribution in [2.24, 2.45) is 0 Å². The number of halogens is 1. The van der Waals surface area contributed by atoms with Crippen molar-refractivity contribution in [1.29, 1.82) is 0 Å². The van der Waals surface area contributed by atoms with Crippen molar-refractivity contribution in [1.82, 2.24) is 15.1 Å². The van der Waals surface area contributed by atoms with E-state index < -0.39 is 17.3 Å². The van der Waals surface area contributed by atoms with E-state index in [9.17, 15) is 9.59 Å². The Hall–Kier alpha value is -3.48. The highest BCUT2D eigenvalue weighted by molar-refractivity contribution is 6.12. The first-order chi connectivity index (χ1) is 17.3. The molecular weight excluding hydrogens is 455 g/mol. The third-order valence-electron chi connectivity index (χ3n) is 7.55. The van der Waals surface area contributed by atoms with Gasteiger partial charge in [-0.2, -0.15) is 5.10 Å². The van der Waals surface area contributed by atoms with Crippen LogP contribution in [0.1, 0.15) is 74.8 Å². The number of nitrogens with one attached hydrogen (secondary N) is 1. The van der Waals surface area contributed by atoms with E-state index in [1.165, 1.54) is 23.0 Å². The first-order valence-corrected chi connectivity index (χ1v) is 12.9. The van der Waals surface area contributed by atoms with Gasteiger partial charge in [-0.3, -0.25) is 19.2 Å². The quantitative estimate of drug-likeness (QED) is 0.502. The van der Waals surface area contributed by atoms with Crippen molar-refractivity contribution >= 4 is 17.5 Å². The lowest BCUT2D eigenvalue weighted by molar-refractivity contribution is -0.127. The van der Waals surface area contributed by atoms with Crippen LogP contribution < -0.4 is 10.2 Å². The number of carbonyl (C=O) groups is 2. The third kappa shape index (κ3) is 4.31. The molecule has 36 heavy (non-hydrogen) atoms. The fourth-order valence-corrected chi connectivity index (χ4v) is 5.36. The van der Waals surface area contributed by atoms with E-state index in [1.54, 1.807) is 35.9 Å². The zero-order valence-electron chi connectivity index (χ0n) is 21.1. The zero-order valence-corrected chi connectivity index (χ0v) is 21.1. The molecule has 1 saturated carbocycles. The molecule has 0 bridgehead atoms. The van der Waals surface area contributed by atoms with Gasteiger partial charge >= 0.3 is 0 Å². The van der Waals surface area contributed by atoms with Crippen molar-refractivity contribution in [3.63, 3.8) is 0 Å². The number of hydrogen-bond donors (Lipinski definition) is 1. The summed E-state index contributed by atoms with van der Waals surface area (Å²) in [5.74, 6) is -0.853. The lowest BCUT2D eigenvalue weighted by Crippen LogP contribution is -2.65. The Labute approximate surface area is 211 Å². The fourth-order valence-electron chi connectivity index (χ4n) is 5.36. The van der Waals surface area contributed by atoms with Gasteiger partial charge in [-0.15, -0.1) is 0 Å². The minimum atomic E-state index is -1.34. The molecule has 0 spiro atoms. The Morgan fingerprint density at radius 1 is 1.08 bits per heavy atom. The summed E-state index contributed by atoms with van der Waals surface area (Å²) in [6.45, 7) is 6.11. The number of nitrogens with zero attached hydrogens (tertiary/aromatic N) is 3. The van der Waals surface area contributed by atoms with E-state index in [0.717, 1.165) is 31.2 Å². The first-order valence-electron chi connectivity index (χ1n) is 12.9. The highest BCUT2D eigenvalue weighted by atomic mass is 19.1. The Kier molecular flexibility index (Phi) is 6.41. The van der Waals surface area contributed by atoms with E-state index in [2.05, 4.69) is 31.3 Å². The average Bonchev–Trinajstić information content (AvgIpc) is 3.30. The van der Waals surface area contributed by atoms with Crippen molar-refractivity contribution in [3.8, 4) is 11.3 Å². The van der Waals surface area contributed by atoms with Gasteiger partial charge in [-0.1, -0.05) is 69.5 Å². The predicted molar refractivity (Wildman–Crippen MR) is 138 cm³/mol. The minimum Gasteiger partial charge on any atom is -0.351 e. The lowest BCUT2D eigenvalue weighted by atomic mass is 9.91. The number of rotatable bonds is 5. The summed E-state index contributed by atoms with van der Waals surface area (Å²) < 4.78 is 16.6. The van der Waals surface area contributed by atoms with E-state index in [0.29, 0.717) is 17.3 Å². The SMILES string of the molecule is CC(C)c1ccc(-c2cc3n(n2)CC(C)(C(=O)NC2CCCCC2)N(c2ccccc2F)C3=O)cc1. The molecule has 1 aliphatic heterocycles. The summed E-state index contributed by atoms with van der Waals surface area (Å²) in [5, 5.41) is 7.88. The zero-order chi connectivity index (χ0) is 25.4. The van der Waals surface area contributed by atoms with Gasteiger partial charge in [-0.05, 0) is 49.4 Å². The lowest BCUT2D eigenvalue weighted by Gasteiger charge is -2.44. The summed E-state index contributed by atoms with van der Waals surface area (Å²) in [5.41, 5.74) is 1.85. The molecule has 1 fully saturated rings. The van der Waals surface area contributed by atoms with Crippen molar-refractivity contribution in [3.05, 3.63) is 71.7 Å². The molecule has 0 saturated heterocycles.